The molecule has 0 saturated carbocycles. The first kappa shape index (κ1) is 17.1. The molecule has 0 aromatic heterocycles. The summed E-state index contributed by atoms with van der Waals surface area (Å²) in [4.78, 5) is 12.0. The van der Waals surface area contributed by atoms with E-state index in [1.807, 2.05) is 14.0 Å². The average Bonchev–Trinajstić information content (AvgIpc) is 2.24. The molecule has 0 fully saturated rings. The van der Waals surface area contributed by atoms with Gasteiger partial charge in [0.25, 0.3) is 0 Å². The number of ether oxygens (including phenoxy) is 1. The predicted octanol–water partition coefficient (Wildman–Crippen LogP) is -1.06. The van der Waals surface area contributed by atoms with Crippen molar-refractivity contribution in [2.24, 2.45) is 0 Å². The highest BCUT2D eigenvalue weighted by atomic mass is 32.2. The van der Waals surface area contributed by atoms with Gasteiger partial charge in [0.05, 0.1) is 23.2 Å². The molecule has 0 heterocycles. The molecule has 0 amide bonds. The van der Waals surface area contributed by atoms with Crippen LogP contribution in [0, 0.1) is 0 Å². The van der Waals surface area contributed by atoms with Gasteiger partial charge in [0.15, 0.2) is 0 Å². The average molecular weight is 279 g/mol. The van der Waals surface area contributed by atoms with Gasteiger partial charge in [-0.1, -0.05) is 6.58 Å². The molecular weight excluding hydrogens is 258 g/mol. The predicted molar refractivity (Wildman–Crippen MR) is 66.1 cm³/mol. The molecule has 0 aliphatic carbocycles. The van der Waals surface area contributed by atoms with Crippen LogP contribution in [0.2, 0.25) is 0 Å². The number of nitrogens with one attached hydrogen (secondary N) is 1. The van der Waals surface area contributed by atoms with Crippen LogP contribution < -0.4 is 4.90 Å². The summed E-state index contributed by atoms with van der Waals surface area (Å²) in [6.45, 7) is 7.44. The molecule has 0 aliphatic heterocycles. The molecular formula is C11H21NO5S. The topological polar surface area (TPSA) is 87.9 Å². The van der Waals surface area contributed by atoms with Crippen LogP contribution in [0.25, 0.3) is 0 Å². The van der Waals surface area contributed by atoms with E-state index in [1.165, 1.54) is 0 Å². The molecule has 106 valence electrons. The van der Waals surface area contributed by atoms with Crippen molar-refractivity contribution in [3.63, 3.8) is 0 Å². The van der Waals surface area contributed by atoms with E-state index < -0.39 is 16.1 Å². The van der Waals surface area contributed by atoms with E-state index in [4.69, 9.17) is 4.74 Å². The van der Waals surface area contributed by atoms with Crippen LogP contribution in [-0.4, -0.2) is 50.4 Å². The Hall–Kier alpha value is -0.920. The van der Waals surface area contributed by atoms with E-state index in [0.717, 1.165) is 11.0 Å². The van der Waals surface area contributed by atoms with E-state index >= 15 is 0 Å². The molecule has 0 aromatic carbocycles. The van der Waals surface area contributed by atoms with Gasteiger partial charge in [-0.15, -0.1) is 0 Å². The third-order valence-corrected chi connectivity index (χ3v) is 3.47. The Balaban J connectivity index is 4.10. The summed E-state index contributed by atoms with van der Waals surface area (Å²) in [5, 5.41) is 0. The van der Waals surface area contributed by atoms with Gasteiger partial charge in [0.1, 0.15) is 12.6 Å². The first-order chi connectivity index (χ1) is 8.15. The van der Waals surface area contributed by atoms with Gasteiger partial charge < -0.3 is 14.2 Å². The normalized spacial score (nSPS) is 16.7. The lowest BCUT2D eigenvalue weighted by Gasteiger charge is -2.24. The fourth-order valence-electron chi connectivity index (χ4n) is 1.51. The van der Waals surface area contributed by atoms with Crippen molar-refractivity contribution in [3.05, 3.63) is 12.7 Å². The molecule has 0 aromatic rings. The Morgan fingerprint density at radius 1 is 1.50 bits per heavy atom. The molecule has 0 rings (SSSR count). The van der Waals surface area contributed by atoms with E-state index in [9.17, 15) is 17.8 Å². The second kappa shape index (κ2) is 7.50. The minimum Gasteiger partial charge on any atom is -0.748 e. The molecule has 0 bridgehead atoms. The third-order valence-electron chi connectivity index (χ3n) is 2.74. The molecule has 0 spiro atoms. The second-order valence-corrected chi connectivity index (χ2v) is 5.98. The molecule has 7 heteroatoms. The Morgan fingerprint density at radius 2 is 2.06 bits per heavy atom. The lowest BCUT2D eigenvalue weighted by Crippen LogP contribution is -3.13. The van der Waals surface area contributed by atoms with Crippen LogP contribution in [0.3, 0.4) is 0 Å². The van der Waals surface area contributed by atoms with Gasteiger partial charge in [-0.25, -0.2) is 13.2 Å². The standard InChI is InChI=1S/C11H21NO5S/c1-5-11(13)17-10(3)8-12(4)9(2)6-7-18(14,15)16/h5,9-10H,1,6-8H2,2-4H3,(H,14,15,16). The molecule has 3 unspecified atom stereocenters. The zero-order valence-electron chi connectivity index (χ0n) is 11.0. The van der Waals surface area contributed by atoms with Crippen molar-refractivity contribution in [2.45, 2.75) is 32.4 Å². The molecule has 0 radical (unpaired) electrons. The highest BCUT2D eigenvalue weighted by Gasteiger charge is 2.18. The molecule has 18 heavy (non-hydrogen) atoms. The Morgan fingerprint density at radius 3 is 2.50 bits per heavy atom. The van der Waals surface area contributed by atoms with Crippen molar-refractivity contribution >= 4 is 16.1 Å². The summed E-state index contributed by atoms with van der Waals surface area (Å²) in [6.07, 6.45) is 1.10. The zero-order chi connectivity index (χ0) is 14.3. The summed E-state index contributed by atoms with van der Waals surface area (Å²) in [5.41, 5.74) is 0. The molecule has 1 N–H and O–H groups in total. The number of quaternary nitrogens is 1. The van der Waals surface area contributed by atoms with E-state index in [-0.39, 0.29) is 17.9 Å². The van der Waals surface area contributed by atoms with Crippen LogP contribution in [0.15, 0.2) is 12.7 Å². The van der Waals surface area contributed by atoms with Crippen molar-refractivity contribution in [1.29, 1.82) is 0 Å². The highest BCUT2D eigenvalue weighted by molar-refractivity contribution is 7.85. The van der Waals surface area contributed by atoms with Crippen LogP contribution in [0.1, 0.15) is 20.3 Å². The van der Waals surface area contributed by atoms with Crippen LogP contribution in [0.5, 0.6) is 0 Å². The number of carbonyl (C=O) groups is 1. The van der Waals surface area contributed by atoms with E-state index in [1.54, 1.807) is 6.92 Å². The molecule has 0 saturated heterocycles. The number of likely N-dealkylation sites (N-methyl/N-ethyl adjacent to an activating group) is 1. The number of carbonyl (C=O) groups excluding carboxylic acids is 1. The maximum absolute atomic E-state index is 11.0. The van der Waals surface area contributed by atoms with Crippen LogP contribution in [0.4, 0.5) is 0 Å². The lowest BCUT2D eigenvalue weighted by molar-refractivity contribution is -0.906. The van der Waals surface area contributed by atoms with Gasteiger partial charge >= 0.3 is 5.97 Å². The van der Waals surface area contributed by atoms with Gasteiger partial charge in [0, 0.05) is 18.2 Å². The summed E-state index contributed by atoms with van der Waals surface area (Å²) in [5.74, 6) is -0.850. The first-order valence-corrected chi connectivity index (χ1v) is 7.32. The number of hydrogen-bond acceptors (Lipinski definition) is 5. The summed E-state index contributed by atoms with van der Waals surface area (Å²) >= 11 is 0. The Labute approximate surface area is 108 Å². The molecule has 6 nitrogen and oxygen atoms in total. The van der Waals surface area contributed by atoms with Gasteiger partial charge in [-0.05, 0) is 13.8 Å². The third kappa shape index (κ3) is 8.21. The molecule has 3 atom stereocenters. The SMILES string of the molecule is C=CC(=O)OC(C)C[NH+](C)C(C)CCS(=O)(=O)[O-]. The summed E-state index contributed by atoms with van der Waals surface area (Å²) in [7, 11) is -2.30. The second-order valence-electron chi connectivity index (χ2n) is 4.45. The smallest absolute Gasteiger partial charge is 0.330 e. The highest BCUT2D eigenvalue weighted by Crippen LogP contribution is 1.93. The van der Waals surface area contributed by atoms with Gasteiger partial charge in [-0.3, -0.25) is 0 Å². The monoisotopic (exact) mass is 279 g/mol. The molecule has 0 aliphatic rings. The Bertz CT molecular complexity index is 379. The number of hydrogen-bond donors (Lipinski definition) is 1. The minimum absolute atomic E-state index is 0.00129. The van der Waals surface area contributed by atoms with E-state index in [2.05, 4.69) is 6.58 Å². The number of esters is 1. The zero-order valence-corrected chi connectivity index (χ0v) is 11.8. The fourth-order valence-corrected chi connectivity index (χ4v) is 2.15. The summed E-state index contributed by atoms with van der Waals surface area (Å²) < 4.78 is 36.6. The lowest BCUT2D eigenvalue weighted by atomic mass is 10.2. The fraction of sp³-hybridized carbons (Fsp3) is 0.727. The number of rotatable bonds is 8. The van der Waals surface area contributed by atoms with Gasteiger partial charge in [0.2, 0.25) is 0 Å². The summed E-state index contributed by atoms with van der Waals surface area (Å²) in [6, 6.07) is -0.00129. The van der Waals surface area contributed by atoms with E-state index in [0.29, 0.717) is 13.0 Å². The van der Waals surface area contributed by atoms with Crippen LogP contribution in [-0.2, 0) is 19.6 Å². The van der Waals surface area contributed by atoms with Crippen molar-refractivity contribution in [3.8, 4) is 0 Å². The van der Waals surface area contributed by atoms with Crippen LogP contribution >= 0.6 is 0 Å². The van der Waals surface area contributed by atoms with Gasteiger partial charge in [-0.2, -0.15) is 0 Å². The maximum atomic E-state index is 11.0. The van der Waals surface area contributed by atoms with Crippen molar-refractivity contribution in [1.82, 2.24) is 0 Å². The van der Waals surface area contributed by atoms with Crippen molar-refractivity contribution in [2.75, 3.05) is 19.3 Å². The quantitative estimate of drug-likeness (QED) is 0.348. The van der Waals surface area contributed by atoms with Crippen molar-refractivity contribution < 1.29 is 27.4 Å². The minimum atomic E-state index is -4.17. The maximum Gasteiger partial charge on any atom is 0.330 e. The Kier molecular flexibility index (Phi) is 7.12. The first-order valence-electron chi connectivity index (χ1n) is 5.74. The largest absolute Gasteiger partial charge is 0.748 e.